The van der Waals surface area contributed by atoms with Gasteiger partial charge in [-0.2, -0.15) is 5.10 Å². The molecule has 2 atom stereocenters. The molecule has 3 rings (SSSR count). The second-order valence-electron chi connectivity index (χ2n) is 5.81. The van der Waals surface area contributed by atoms with Crippen molar-refractivity contribution in [3.05, 3.63) is 47.8 Å². The average molecular weight is 270 g/mol. The third-order valence-electron chi connectivity index (χ3n) is 4.22. The molecule has 0 bridgehead atoms. The summed E-state index contributed by atoms with van der Waals surface area (Å²) in [6, 6.07) is 8.98. The molecule has 0 aliphatic carbocycles. The van der Waals surface area contributed by atoms with E-state index in [0.29, 0.717) is 12.0 Å². The molecule has 1 aromatic carbocycles. The van der Waals surface area contributed by atoms with Crippen molar-refractivity contribution in [3.63, 3.8) is 0 Å². The molecule has 0 amide bonds. The summed E-state index contributed by atoms with van der Waals surface area (Å²) in [6.45, 7) is 3.91. The zero-order chi connectivity index (χ0) is 14.1. The van der Waals surface area contributed by atoms with Gasteiger partial charge in [-0.3, -0.25) is 4.90 Å². The molecule has 0 spiro atoms. The molecule has 1 fully saturated rings. The summed E-state index contributed by atoms with van der Waals surface area (Å²) in [6.07, 6.45) is 5.11. The van der Waals surface area contributed by atoms with Crippen molar-refractivity contribution in [3.8, 4) is 5.69 Å². The van der Waals surface area contributed by atoms with Gasteiger partial charge in [-0.1, -0.05) is 18.2 Å². The smallest absolute Gasteiger partial charge is 0.0693 e. The van der Waals surface area contributed by atoms with Crippen LogP contribution in [0.4, 0.5) is 0 Å². The van der Waals surface area contributed by atoms with Crippen LogP contribution in [0.3, 0.4) is 0 Å². The number of aryl methyl sites for hydroxylation is 1. The fourth-order valence-electron chi connectivity index (χ4n) is 3.16. The second-order valence-corrected chi connectivity index (χ2v) is 5.81. The fraction of sp³-hybridized carbons (Fsp3) is 0.438. The topological polar surface area (TPSA) is 47.1 Å². The van der Waals surface area contributed by atoms with E-state index in [-0.39, 0.29) is 0 Å². The highest BCUT2D eigenvalue weighted by Crippen LogP contribution is 2.36. The third kappa shape index (κ3) is 2.37. The molecule has 4 nitrogen and oxygen atoms in total. The Labute approximate surface area is 120 Å². The molecule has 1 aliphatic rings. The van der Waals surface area contributed by atoms with Gasteiger partial charge in [-0.25, -0.2) is 4.68 Å². The van der Waals surface area contributed by atoms with Crippen molar-refractivity contribution in [2.75, 3.05) is 20.1 Å². The lowest BCUT2D eigenvalue weighted by Gasteiger charge is -2.22. The van der Waals surface area contributed by atoms with Crippen LogP contribution in [-0.4, -0.2) is 34.8 Å². The number of para-hydroxylation sites is 1. The predicted octanol–water partition coefficient (Wildman–Crippen LogP) is 2.13. The van der Waals surface area contributed by atoms with Crippen LogP contribution in [-0.2, 0) is 0 Å². The molecule has 1 saturated heterocycles. The van der Waals surface area contributed by atoms with Gasteiger partial charge in [-0.15, -0.1) is 0 Å². The number of likely N-dealkylation sites (tertiary alicyclic amines) is 1. The Morgan fingerprint density at radius 3 is 2.80 bits per heavy atom. The van der Waals surface area contributed by atoms with E-state index in [1.807, 2.05) is 10.9 Å². The van der Waals surface area contributed by atoms with Crippen LogP contribution in [0.2, 0.25) is 0 Å². The van der Waals surface area contributed by atoms with Gasteiger partial charge in [0.25, 0.3) is 0 Å². The van der Waals surface area contributed by atoms with Crippen molar-refractivity contribution in [2.24, 2.45) is 11.7 Å². The van der Waals surface area contributed by atoms with E-state index >= 15 is 0 Å². The second kappa shape index (κ2) is 5.38. The van der Waals surface area contributed by atoms with Crippen LogP contribution in [0.1, 0.15) is 23.6 Å². The summed E-state index contributed by atoms with van der Waals surface area (Å²) >= 11 is 0. The zero-order valence-electron chi connectivity index (χ0n) is 12.2. The molecule has 1 aromatic heterocycles. The molecule has 106 valence electrons. The lowest BCUT2D eigenvalue weighted by molar-refractivity contribution is 0.313. The van der Waals surface area contributed by atoms with E-state index in [1.54, 1.807) is 0 Å². The van der Waals surface area contributed by atoms with Gasteiger partial charge in [0.1, 0.15) is 0 Å². The summed E-state index contributed by atoms with van der Waals surface area (Å²) < 4.78 is 1.98. The largest absolute Gasteiger partial charge is 0.330 e. The van der Waals surface area contributed by atoms with E-state index < -0.39 is 0 Å². The minimum atomic E-state index is 0.434. The predicted molar refractivity (Wildman–Crippen MR) is 80.8 cm³/mol. The van der Waals surface area contributed by atoms with E-state index in [0.717, 1.165) is 19.5 Å². The standard InChI is InChI=1S/C16H22N4/c1-12-9-18-20(10-12)15-6-4-3-5-14(15)16-7-13(8-17)11-19(16)2/h3-6,9-10,13,16H,7-8,11,17H2,1-2H3. The number of aromatic nitrogens is 2. The van der Waals surface area contributed by atoms with Crippen molar-refractivity contribution in [1.29, 1.82) is 0 Å². The molecule has 2 heterocycles. The van der Waals surface area contributed by atoms with E-state index in [9.17, 15) is 0 Å². The maximum absolute atomic E-state index is 5.84. The third-order valence-corrected chi connectivity index (χ3v) is 4.22. The Bertz CT molecular complexity index is 590. The summed E-state index contributed by atoms with van der Waals surface area (Å²) in [5.74, 6) is 0.595. The minimum Gasteiger partial charge on any atom is -0.330 e. The molecule has 0 radical (unpaired) electrons. The molecular formula is C16H22N4. The summed E-state index contributed by atoms with van der Waals surface area (Å²) in [7, 11) is 2.19. The van der Waals surface area contributed by atoms with Crippen molar-refractivity contribution >= 4 is 0 Å². The van der Waals surface area contributed by atoms with E-state index in [2.05, 4.69) is 54.4 Å². The average Bonchev–Trinajstić information content (AvgIpc) is 3.05. The normalized spacial score (nSPS) is 23.4. The zero-order valence-corrected chi connectivity index (χ0v) is 12.2. The van der Waals surface area contributed by atoms with Gasteiger partial charge in [0.05, 0.1) is 11.9 Å². The first-order valence-corrected chi connectivity index (χ1v) is 7.20. The summed E-state index contributed by atoms with van der Waals surface area (Å²) in [4.78, 5) is 2.41. The molecule has 2 aromatic rings. The highest BCUT2D eigenvalue weighted by molar-refractivity contribution is 5.43. The van der Waals surface area contributed by atoms with Crippen LogP contribution < -0.4 is 5.73 Å². The van der Waals surface area contributed by atoms with Crippen LogP contribution in [0.25, 0.3) is 5.69 Å². The molecular weight excluding hydrogens is 248 g/mol. The van der Waals surface area contributed by atoms with Crippen molar-refractivity contribution in [1.82, 2.24) is 14.7 Å². The van der Waals surface area contributed by atoms with Crippen LogP contribution in [0, 0.1) is 12.8 Å². The van der Waals surface area contributed by atoms with Crippen molar-refractivity contribution < 1.29 is 0 Å². The molecule has 20 heavy (non-hydrogen) atoms. The van der Waals surface area contributed by atoms with Gasteiger partial charge in [-0.05, 0) is 50.0 Å². The monoisotopic (exact) mass is 270 g/mol. The van der Waals surface area contributed by atoms with E-state index in [4.69, 9.17) is 5.73 Å². The molecule has 2 unspecified atom stereocenters. The minimum absolute atomic E-state index is 0.434. The Morgan fingerprint density at radius 2 is 2.15 bits per heavy atom. The van der Waals surface area contributed by atoms with Crippen LogP contribution in [0.15, 0.2) is 36.7 Å². The lowest BCUT2D eigenvalue weighted by Crippen LogP contribution is -2.21. The molecule has 0 saturated carbocycles. The first-order valence-electron chi connectivity index (χ1n) is 7.20. The molecule has 4 heteroatoms. The number of benzene rings is 1. The van der Waals surface area contributed by atoms with Gasteiger partial charge in [0, 0.05) is 18.8 Å². The SMILES string of the molecule is Cc1cnn(-c2ccccc2C2CC(CN)CN2C)c1. The fourth-order valence-corrected chi connectivity index (χ4v) is 3.16. The van der Waals surface area contributed by atoms with Gasteiger partial charge >= 0.3 is 0 Å². The number of nitrogens with zero attached hydrogens (tertiary/aromatic N) is 3. The number of rotatable bonds is 3. The summed E-state index contributed by atoms with van der Waals surface area (Å²) in [5.41, 5.74) is 9.54. The van der Waals surface area contributed by atoms with Gasteiger partial charge in [0.15, 0.2) is 0 Å². The molecule has 2 N–H and O–H groups in total. The highest BCUT2D eigenvalue weighted by Gasteiger charge is 2.31. The first-order chi connectivity index (χ1) is 9.69. The van der Waals surface area contributed by atoms with Gasteiger partial charge in [0.2, 0.25) is 0 Å². The van der Waals surface area contributed by atoms with E-state index in [1.165, 1.54) is 16.8 Å². The number of hydrogen-bond donors (Lipinski definition) is 1. The van der Waals surface area contributed by atoms with Crippen LogP contribution in [0.5, 0.6) is 0 Å². The maximum atomic E-state index is 5.84. The van der Waals surface area contributed by atoms with Gasteiger partial charge < -0.3 is 5.73 Å². The van der Waals surface area contributed by atoms with Crippen molar-refractivity contribution in [2.45, 2.75) is 19.4 Å². The summed E-state index contributed by atoms with van der Waals surface area (Å²) in [5, 5.41) is 4.46. The number of nitrogens with two attached hydrogens (primary N) is 1. The quantitative estimate of drug-likeness (QED) is 0.929. The Hall–Kier alpha value is -1.65. The number of hydrogen-bond acceptors (Lipinski definition) is 3. The lowest BCUT2D eigenvalue weighted by atomic mass is 9.98. The highest BCUT2D eigenvalue weighted by atomic mass is 15.3. The maximum Gasteiger partial charge on any atom is 0.0693 e. The van der Waals surface area contributed by atoms with Crippen LogP contribution >= 0.6 is 0 Å². The Morgan fingerprint density at radius 1 is 1.35 bits per heavy atom. The Kier molecular flexibility index (Phi) is 3.59. The molecule has 1 aliphatic heterocycles. The first kappa shape index (κ1) is 13.3. The Balaban J connectivity index is 1.98.